The van der Waals surface area contributed by atoms with Crippen molar-refractivity contribution in [1.29, 1.82) is 0 Å². The van der Waals surface area contributed by atoms with Gasteiger partial charge in [-0.15, -0.1) is 0 Å². The first-order valence-corrected chi connectivity index (χ1v) is 8.29. The first-order chi connectivity index (χ1) is 10.8. The predicted octanol–water partition coefficient (Wildman–Crippen LogP) is 4.59. The van der Waals surface area contributed by atoms with Gasteiger partial charge in [-0.2, -0.15) is 0 Å². The van der Waals surface area contributed by atoms with Crippen LogP contribution in [0.3, 0.4) is 0 Å². The molecule has 0 aliphatic carbocycles. The Hall–Kier alpha value is -1.80. The van der Waals surface area contributed by atoms with Crippen molar-refractivity contribution in [3.63, 3.8) is 0 Å². The molecule has 0 aromatic heterocycles. The van der Waals surface area contributed by atoms with E-state index in [-0.39, 0.29) is 11.3 Å². The van der Waals surface area contributed by atoms with Crippen LogP contribution in [-0.2, 0) is 11.8 Å². The van der Waals surface area contributed by atoms with Gasteiger partial charge in [0.05, 0.1) is 7.11 Å². The minimum absolute atomic E-state index is 0.115. The fraction of sp³-hybridized carbons (Fsp3) is 0.429. The molecule has 1 atom stereocenters. The molecule has 0 heterocycles. The van der Waals surface area contributed by atoms with E-state index >= 15 is 0 Å². The molecule has 124 valence electrons. The molecule has 0 amide bonds. The summed E-state index contributed by atoms with van der Waals surface area (Å²) in [5, 5.41) is 0. The van der Waals surface area contributed by atoms with Gasteiger partial charge in [-0.3, -0.25) is 0 Å². The van der Waals surface area contributed by atoms with Gasteiger partial charge < -0.3 is 10.5 Å². The van der Waals surface area contributed by atoms with Crippen molar-refractivity contribution >= 4 is 0 Å². The number of aryl methyl sites for hydroxylation is 1. The van der Waals surface area contributed by atoms with E-state index < -0.39 is 0 Å². The molecule has 2 aromatic rings. The van der Waals surface area contributed by atoms with Crippen LogP contribution in [0.15, 0.2) is 42.5 Å². The maximum Gasteiger partial charge on any atom is 0.122 e. The minimum Gasteiger partial charge on any atom is -0.496 e. The summed E-state index contributed by atoms with van der Waals surface area (Å²) in [7, 11) is 1.73. The molecular weight excluding hydrogens is 282 g/mol. The van der Waals surface area contributed by atoms with Crippen LogP contribution in [0.5, 0.6) is 5.75 Å². The van der Waals surface area contributed by atoms with Crippen molar-refractivity contribution < 1.29 is 4.74 Å². The van der Waals surface area contributed by atoms with Crippen LogP contribution in [0.2, 0.25) is 0 Å². The second-order valence-electron chi connectivity index (χ2n) is 7.33. The second kappa shape index (κ2) is 7.18. The van der Waals surface area contributed by atoms with E-state index in [4.69, 9.17) is 10.5 Å². The molecule has 2 N–H and O–H groups in total. The maximum atomic E-state index is 6.12. The van der Waals surface area contributed by atoms with Crippen LogP contribution >= 0.6 is 0 Å². The summed E-state index contributed by atoms with van der Waals surface area (Å²) in [6.07, 6.45) is 0.933. The lowest BCUT2D eigenvalue weighted by Crippen LogP contribution is -2.18. The molecule has 0 saturated carbocycles. The average Bonchev–Trinajstić information content (AvgIpc) is 2.51. The van der Waals surface area contributed by atoms with Gasteiger partial charge in [0.2, 0.25) is 0 Å². The molecule has 0 aliphatic rings. The number of ether oxygens (including phenoxy) is 1. The standard InChI is InChI=1S/C21H29NO/c1-15-7-6-8-16(11-15)12-17(14-22)19-13-18(21(2,3)4)9-10-20(19)23-5/h6-11,13,17H,12,14,22H2,1-5H3. The van der Waals surface area contributed by atoms with Gasteiger partial charge in [-0.1, -0.05) is 62.7 Å². The molecule has 2 heteroatoms. The topological polar surface area (TPSA) is 35.2 Å². The Bertz CT molecular complexity index is 655. The van der Waals surface area contributed by atoms with E-state index in [0.29, 0.717) is 6.54 Å². The summed E-state index contributed by atoms with van der Waals surface area (Å²) in [5.41, 5.74) is 11.4. The Morgan fingerprint density at radius 2 is 1.83 bits per heavy atom. The molecule has 0 bridgehead atoms. The Morgan fingerprint density at radius 3 is 2.39 bits per heavy atom. The molecule has 1 unspecified atom stereocenters. The summed E-state index contributed by atoms with van der Waals surface area (Å²) in [6.45, 7) is 9.43. The minimum atomic E-state index is 0.115. The quantitative estimate of drug-likeness (QED) is 0.877. The van der Waals surface area contributed by atoms with Crippen molar-refractivity contribution in [3.05, 3.63) is 64.7 Å². The van der Waals surface area contributed by atoms with Gasteiger partial charge in [-0.25, -0.2) is 0 Å². The number of benzene rings is 2. The van der Waals surface area contributed by atoms with Crippen LogP contribution in [0.4, 0.5) is 0 Å². The lowest BCUT2D eigenvalue weighted by molar-refractivity contribution is 0.404. The SMILES string of the molecule is COc1ccc(C(C)(C)C)cc1C(CN)Cc1cccc(C)c1. The van der Waals surface area contributed by atoms with Crippen molar-refractivity contribution in [2.45, 2.75) is 45.4 Å². The van der Waals surface area contributed by atoms with Gasteiger partial charge in [0.25, 0.3) is 0 Å². The van der Waals surface area contributed by atoms with Gasteiger partial charge in [-0.05, 0) is 48.1 Å². The van der Waals surface area contributed by atoms with E-state index in [1.165, 1.54) is 22.3 Å². The number of rotatable bonds is 5. The molecule has 0 radical (unpaired) electrons. The largest absolute Gasteiger partial charge is 0.496 e. The molecule has 2 rings (SSSR count). The highest BCUT2D eigenvalue weighted by atomic mass is 16.5. The number of hydrogen-bond acceptors (Lipinski definition) is 2. The number of hydrogen-bond donors (Lipinski definition) is 1. The highest BCUT2D eigenvalue weighted by Crippen LogP contribution is 2.33. The Morgan fingerprint density at radius 1 is 1.09 bits per heavy atom. The fourth-order valence-electron chi connectivity index (χ4n) is 2.96. The summed E-state index contributed by atoms with van der Waals surface area (Å²) in [4.78, 5) is 0. The van der Waals surface area contributed by atoms with Gasteiger partial charge >= 0.3 is 0 Å². The average molecular weight is 311 g/mol. The van der Waals surface area contributed by atoms with E-state index in [9.17, 15) is 0 Å². The third-order valence-electron chi connectivity index (χ3n) is 4.38. The molecular formula is C21H29NO. The third-order valence-corrected chi connectivity index (χ3v) is 4.38. The number of nitrogens with two attached hydrogens (primary N) is 1. The summed E-state index contributed by atoms with van der Waals surface area (Å²) < 4.78 is 5.60. The first-order valence-electron chi connectivity index (χ1n) is 8.29. The predicted molar refractivity (Wildman–Crippen MR) is 98.4 cm³/mol. The van der Waals surface area contributed by atoms with Crippen LogP contribution < -0.4 is 10.5 Å². The summed E-state index contributed by atoms with van der Waals surface area (Å²) in [5.74, 6) is 1.19. The Balaban J connectivity index is 2.39. The maximum absolute atomic E-state index is 6.12. The van der Waals surface area contributed by atoms with Gasteiger partial charge in [0, 0.05) is 5.92 Å². The fourth-order valence-corrected chi connectivity index (χ4v) is 2.96. The normalized spacial score (nSPS) is 13.0. The lowest BCUT2D eigenvalue weighted by atomic mass is 9.83. The molecule has 0 aliphatic heterocycles. The zero-order valence-corrected chi connectivity index (χ0v) is 15.0. The molecule has 0 spiro atoms. The highest BCUT2D eigenvalue weighted by molar-refractivity contribution is 5.43. The van der Waals surface area contributed by atoms with Crippen LogP contribution in [0.1, 0.15) is 48.9 Å². The van der Waals surface area contributed by atoms with E-state index in [1.54, 1.807) is 7.11 Å². The lowest BCUT2D eigenvalue weighted by Gasteiger charge is -2.24. The van der Waals surface area contributed by atoms with Gasteiger partial charge in [0.1, 0.15) is 5.75 Å². The van der Waals surface area contributed by atoms with E-state index in [2.05, 4.69) is 70.2 Å². The van der Waals surface area contributed by atoms with E-state index in [0.717, 1.165) is 12.2 Å². The monoisotopic (exact) mass is 311 g/mol. The second-order valence-corrected chi connectivity index (χ2v) is 7.33. The smallest absolute Gasteiger partial charge is 0.122 e. The Labute approximate surface area is 140 Å². The zero-order chi connectivity index (χ0) is 17.0. The number of methoxy groups -OCH3 is 1. The van der Waals surface area contributed by atoms with E-state index in [1.807, 2.05) is 0 Å². The summed E-state index contributed by atoms with van der Waals surface area (Å²) >= 11 is 0. The molecule has 2 nitrogen and oxygen atoms in total. The van der Waals surface area contributed by atoms with Crippen LogP contribution in [-0.4, -0.2) is 13.7 Å². The molecule has 23 heavy (non-hydrogen) atoms. The van der Waals surface area contributed by atoms with Crippen LogP contribution in [0, 0.1) is 6.92 Å². The zero-order valence-electron chi connectivity index (χ0n) is 15.0. The molecule has 0 saturated heterocycles. The highest BCUT2D eigenvalue weighted by Gasteiger charge is 2.20. The third kappa shape index (κ3) is 4.35. The summed E-state index contributed by atoms with van der Waals surface area (Å²) in [6, 6.07) is 15.2. The Kier molecular flexibility index (Phi) is 5.48. The molecule has 2 aromatic carbocycles. The van der Waals surface area contributed by atoms with Crippen molar-refractivity contribution in [1.82, 2.24) is 0 Å². The first kappa shape index (κ1) is 17.6. The molecule has 0 fully saturated rings. The van der Waals surface area contributed by atoms with Crippen molar-refractivity contribution in [3.8, 4) is 5.75 Å². The van der Waals surface area contributed by atoms with Crippen molar-refractivity contribution in [2.75, 3.05) is 13.7 Å². The van der Waals surface area contributed by atoms with Gasteiger partial charge in [0.15, 0.2) is 0 Å². The van der Waals surface area contributed by atoms with Crippen LogP contribution in [0.25, 0.3) is 0 Å². The van der Waals surface area contributed by atoms with Crippen molar-refractivity contribution in [2.24, 2.45) is 5.73 Å².